The first-order valence-electron chi connectivity index (χ1n) is 15.4. The van der Waals surface area contributed by atoms with Gasteiger partial charge < -0.3 is 9.64 Å². The summed E-state index contributed by atoms with van der Waals surface area (Å²) in [5.41, 5.74) is 5.06. The second-order valence-corrected chi connectivity index (χ2v) is 11.1. The molecule has 0 aliphatic heterocycles. The minimum Gasteiger partial charge on any atom is -0.489 e. The van der Waals surface area contributed by atoms with Crippen molar-refractivity contribution in [3.8, 4) is 5.75 Å². The third-order valence-electron chi connectivity index (χ3n) is 8.05. The number of hydrogen-bond donors (Lipinski definition) is 0. The fourth-order valence-corrected chi connectivity index (χ4v) is 5.78. The number of benzene rings is 3. The van der Waals surface area contributed by atoms with Crippen LogP contribution in [0.5, 0.6) is 5.75 Å². The smallest absolute Gasteiger partial charge is 0.223 e. The van der Waals surface area contributed by atoms with E-state index in [1.54, 1.807) is 0 Å². The molecule has 0 heterocycles. The van der Waals surface area contributed by atoms with Gasteiger partial charge in [-0.1, -0.05) is 125 Å². The zero-order valence-electron chi connectivity index (χ0n) is 24.0. The molecular weight excluding hydrogens is 478 g/mol. The Kier molecular flexibility index (Phi) is 12.0. The number of carbonyl (C=O) groups excluding carboxylic acids is 1. The first kappa shape index (κ1) is 28.9. The largest absolute Gasteiger partial charge is 0.489 e. The van der Waals surface area contributed by atoms with E-state index < -0.39 is 0 Å². The highest BCUT2D eigenvalue weighted by atomic mass is 16.5. The standard InChI is InChI=1S/C36H47NO2/c1-2-3-4-5-6-7-8-9-13-23-36(38)37(35-22-16-20-32-19-14-15-21-34(32)35)28-30-24-26-33(27-25-30)39-29-31-17-11-10-12-18-31/h10-12,14-15,17-19,21,24-27,35H,2-9,13,16,20,22-23,28-29H2,1H3. The fraction of sp³-hybridized carbons (Fsp3) is 0.472. The molecule has 1 amide bonds. The molecule has 0 fully saturated rings. The predicted octanol–water partition coefficient (Wildman–Crippen LogP) is 9.59. The summed E-state index contributed by atoms with van der Waals surface area (Å²) in [6, 6.07) is 27.4. The van der Waals surface area contributed by atoms with Gasteiger partial charge in [-0.2, -0.15) is 0 Å². The molecule has 3 aromatic rings. The number of aryl methyl sites for hydroxylation is 1. The number of rotatable bonds is 16. The van der Waals surface area contributed by atoms with Gasteiger partial charge in [-0.15, -0.1) is 0 Å². The number of fused-ring (bicyclic) bond motifs is 1. The van der Waals surface area contributed by atoms with Crippen molar-refractivity contribution in [3.05, 3.63) is 101 Å². The molecule has 3 heteroatoms. The van der Waals surface area contributed by atoms with Crippen LogP contribution in [0.2, 0.25) is 0 Å². The van der Waals surface area contributed by atoms with Gasteiger partial charge in [-0.3, -0.25) is 4.79 Å². The summed E-state index contributed by atoms with van der Waals surface area (Å²) in [5.74, 6) is 1.15. The molecule has 0 radical (unpaired) electrons. The number of unbranched alkanes of at least 4 members (excludes halogenated alkanes) is 8. The molecular formula is C36H47NO2. The van der Waals surface area contributed by atoms with Crippen molar-refractivity contribution in [1.29, 1.82) is 0 Å². The molecule has 1 unspecified atom stereocenters. The molecule has 0 spiro atoms. The summed E-state index contributed by atoms with van der Waals surface area (Å²) >= 11 is 0. The Bertz CT molecular complexity index is 1110. The summed E-state index contributed by atoms with van der Waals surface area (Å²) in [7, 11) is 0. The number of ether oxygens (including phenoxy) is 1. The van der Waals surface area contributed by atoms with Crippen LogP contribution in [0.25, 0.3) is 0 Å². The van der Waals surface area contributed by atoms with E-state index >= 15 is 0 Å². The lowest BCUT2D eigenvalue weighted by atomic mass is 9.86. The molecule has 0 N–H and O–H groups in total. The molecule has 3 aromatic carbocycles. The van der Waals surface area contributed by atoms with Gasteiger partial charge in [0.05, 0.1) is 6.04 Å². The Hall–Kier alpha value is -3.07. The lowest BCUT2D eigenvalue weighted by molar-refractivity contribution is -0.135. The summed E-state index contributed by atoms with van der Waals surface area (Å²) in [5, 5.41) is 0. The van der Waals surface area contributed by atoms with E-state index in [-0.39, 0.29) is 6.04 Å². The average Bonchev–Trinajstić information content (AvgIpc) is 2.99. The number of amides is 1. The van der Waals surface area contributed by atoms with Crippen LogP contribution in [-0.2, 0) is 24.4 Å². The monoisotopic (exact) mass is 525 g/mol. The van der Waals surface area contributed by atoms with Gasteiger partial charge in [0.2, 0.25) is 5.91 Å². The Labute approximate surface area is 236 Å². The molecule has 0 saturated carbocycles. The van der Waals surface area contributed by atoms with E-state index in [4.69, 9.17) is 4.74 Å². The fourth-order valence-electron chi connectivity index (χ4n) is 5.78. The van der Waals surface area contributed by atoms with Crippen molar-refractivity contribution in [2.45, 2.75) is 110 Å². The highest BCUT2D eigenvalue weighted by Crippen LogP contribution is 2.36. The maximum Gasteiger partial charge on any atom is 0.223 e. The molecule has 208 valence electrons. The topological polar surface area (TPSA) is 29.5 Å². The summed E-state index contributed by atoms with van der Waals surface area (Å²) in [4.78, 5) is 15.9. The van der Waals surface area contributed by atoms with E-state index in [2.05, 4.69) is 60.4 Å². The Morgan fingerprint density at radius 2 is 1.44 bits per heavy atom. The van der Waals surface area contributed by atoms with E-state index in [1.807, 2.05) is 30.3 Å². The molecule has 1 atom stereocenters. The first-order valence-corrected chi connectivity index (χ1v) is 15.4. The van der Waals surface area contributed by atoms with E-state index in [1.165, 1.54) is 56.1 Å². The predicted molar refractivity (Wildman–Crippen MR) is 162 cm³/mol. The van der Waals surface area contributed by atoms with Gasteiger partial charge in [0.25, 0.3) is 0 Å². The highest BCUT2D eigenvalue weighted by Gasteiger charge is 2.29. The van der Waals surface area contributed by atoms with Crippen molar-refractivity contribution in [2.75, 3.05) is 0 Å². The minimum absolute atomic E-state index is 0.162. The first-order chi connectivity index (χ1) is 19.2. The zero-order valence-corrected chi connectivity index (χ0v) is 24.0. The Morgan fingerprint density at radius 1 is 0.769 bits per heavy atom. The van der Waals surface area contributed by atoms with Gasteiger partial charge >= 0.3 is 0 Å². The van der Waals surface area contributed by atoms with Gasteiger partial charge in [-0.25, -0.2) is 0 Å². The normalized spacial score (nSPS) is 14.5. The zero-order chi connectivity index (χ0) is 27.1. The van der Waals surface area contributed by atoms with Gasteiger partial charge in [-0.05, 0) is 60.1 Å². The quantitative estimate of drug-likeness (QED) is 0.174. The van der Waals surface area contributed by atoms with Crippen LogP contribution in [0.4, 0.5) is 0 Å². The lowest BCUT2D eigenvalue weighted by Crippen LogP contribution is -2.36. The van der Waals surface area contributed by atoms with Crippen LogP contribution >= 0.6 is 0 Å². The van der Waals surface area contributed by atoms with Crippen molar-refractivity contribution in [1.82, 2.24) is 4.90 Å². The third kappa shape index (κ3) is 9.27. The van der Waals surface area contributed by atoms with Crippen LogP contribution in [0, 0.1) is 0 Å². The second kappa shape index (κ2) is 16.1. The summed E-state index contributed by atoms with van der Waals surface area (Å²) < 4.78 is 5.99. The molecule has 0 saturated heterocycles. The van der Waals surface area contributed by atoms with Crippen molar-refractivity contribution in [3.63, 3.8) is 0 Å². The van der Waals surface area contributed by atoms with Crippen molar-refractivity contribution in [2.24, 2.45) is 0 Å². The molecule has 0 aromatic heterocycles. The molecule has 4 rings (SSSR count). The number of nitrogens with zero attached hydrogens (tertiary/aromatic N) is 1. The van der Waals surface area contributed by atoms with E-state index in [0.29, 0.717) is 25.5 Å². The molecule has 1 aliphatic rings. The van der Waals surface area contributed by atoms with Crippen LogP contribution in [0.1, 0.15) is 112 Å². The van der Waals surface area contributed by atoms with Gasteiger partial charge in [0, 0.05) is 13.0 Å². The Morgan fingerprint density at radius 3 is 2.18 bits per heavy atom. The maximum absolute atomic E-state index is 13.7. The van der Waals surface area contributed by atoms with Crippen molar-refractivity contribution < 1.29 is 9.53 Å². The minimum atomic E-state index is 0.162. The number of carbonyl (C=O) groups is 1. The van der Waals surface area contributed by atoms with Gasteiger partial charge in [0.15, 0.2) is 0 Å². The van der Waals surface area contributed by atoms with E-state index in [9.17, 15) is 4.79 Å². The maximum atomic E-state index is 13.7. The number of hydrogen-bond acceptors (Lipinski definition) is 2. The molecule has 0 bridgehead atoms. The average molecular weight is 526 g/mol. The summed E-state index contributed by atoms with van der Waals surface area (Å²) in [6.45, 7) is 3.47. The van der Waals surface area contributed by atoms with Crippen LogP contribution in [-0.4, -0.2) is 10.8 Å². The van der Waals surface area contributed by atoms with Gasteiger partial charge in [0.1, 0.15) is 12.4 Å². The van der Waals surface area contributed by atoms with Crippen LogP contribution < -0.4 is 4.74 Å². The van der Waals surface area contributed by atoms with Crippen LogP contribution in [0.3, 0.4) is 0 Å². The summed E-state index contributed by atoms with van der Waals surface area (Å²) in [6.07, 6.45) is 15.4. The molecule has 3 nitrogen and oxygen atoms in total. The SMILES string of the molecule is CCCCCCCCCCCC(=O)N(Cc1ccc(OCc2ccccc2)cc1)C1CCCc2ccccc21. The molecule has 1 aliphatic carbocycles. The van der Waals surface area contributed by atoms with E-state index in [0.717, 1.165) is 49.0 Å². The highest BCUT2D eigenvalue weighted by molar-refractivity contribution is 5.77. The third-order valence-corrected chi connectivity index (χ3v) is 8.05. The van der Waals surface area contributed by atoms with Crippen LogP contribution in [0.15, 0.2) is 78.9 Å². The van der Waals surface area contributed by atoms with Crippen molar-refractivity contribution >= 4 is 5.91 Å². The lowest BCUT2D eigenvalue weighted by Gasteiger charge is -2.36. The Balaban J connectivity index is 1.35. The molecule has 39 heavy (non-hydrogen) atoms. The second-order valence-electron chi connectivity index (χ2n) is 11.1.